The van der Waals surface area contributed by atoms with Gasteiger partial charge < -0.3 is 5.32 Å². The van der Waals surface area contributed by atoms with E-state index in [9.17, 15) is 0 Å². The molecule has 1 atom stereocenters. The van der Waals surface area contributed by atoms with Gasteiger partial charge in [-0.3, -0.25) is 4.98 Å². The van der Waals surface area contributed by atoms with Crippen LogP contribution in [-0.2, 0) is 0 Å². The molecule has 1 aromatic carbocycles. The molecular weight excluding hydrogens is 248 g/mol. The molecule has 0 radical (unpaired) electrons. The molecule has 0 spiro atoms. The van der Waals surface area contributed by atoms with Crippen molar-refractivity contribution in [3.63, 3.8) is 0 Å². The van der Waals surface area contributed by atoms with Gasteiger partial charge in [0.15, 0.2) is 0 Å². The predicted octanol–water partition coefficient (Wildman–Crippen LogP) is 2.72. The molecule has 0 aliphatic heterocycles. The second-order valence-electron chi connectivity index (χ2n) is 4.61. The van der Waals surface area contributed by atoms with Crippen molar-refractivity contribution in [2.45, 2.75) is 13.0 Å². The number of benzene rings is 1. The Morgan fingerprint density at radius 1 is 1.05 bits per heavy atom. The van der Waals surface area contributed by atoms with E-state index in [2.05, 4.69) is 51.7 Å². The van der Waals surface area contributed by atoms with E-state index in [1.165, 1.54) is 10.9 Å². The summed E-state index contributed by atoms with van der Waals surface area (Å²) in [6.07, 6.45) is 7.27. The lowest BCUT2D eigenvalue weighted by molar-refractivity contribution is 0.630. The molecule has 2 aromatic heterocycles. The van der Waals surface area contributed by atoms with Crippen LogP contribution in [0.1, 0.15) is 24.1 Å². The number of nitrogens with one attached hydrogen (secondary N) is 1. The Morgan fingerprint density at radius 2 is 2.00 bits per heavy atom. The van der Waals surface area contributed by atoms with Crippen molar-refractivity contribution in [1.82, 2.24) is 20.5 Å². The number of hydrogen-bond acceptors (Lipinski definition) is 4. The monoisotopic (exact) mass is 264 g/mol. The van der Waals surface area contributed by atoms with Crippen molar-refractivity contribution in [2.24, 2.45) is 0 Å². The number of fused-ring (bicyclic) bond motifs is 1. The van der Waals surface area contributed by atoms with Gasteiger partial charge in [0.1, 0.15) is 0 Å². The highest BCUT2D eigenvalue weighted by atomic mass is 15.1. The molecule has 20 heavy (non-hydrogen) atoms. The Balaban J connectivity index is 2.15. The van der Waals surface area contributed by atoms with Crippen LogP contribution in [0.15, 0.2) is 55.1 Å². The van der Waals surface area contributed by atoms with Crippen molar-refractivity contribution < 1.29 is 0 Å². The Kier molecular flexibility index (Phi) is 3.65. The van der Waals surface area contributed by atoms with E-state index in [0.717, 1.165) is 17.5 Å². The summed E-state index contributed by atoms with van der Waals surface area (Å²) in [5, 5.41) is 13.7. The molecule has 3 rings (SSSR count). The fraction of sp³-hybridized carbons (Fsp3) is 0.188. The van der Waals surface area contributed by atoms with Crippen molar-refractivity contribution in [1.29, 1.82) is 0 Å². The lowest BCUT2D eigenvalue weighted by atomic mass is 9.95. The molecule has 3 aromatic rings. The van der Waals surface area contributed by atoms with Crippen LogP contribution in [-0.4, -0.2) is 21.7 Å². The summed E-state index contributed by atoms with van der Waals surface area (Å²) in [5.74, 6) is 0. The summed E-state index contributed by atoms with van der Waals surface area (Å²) in [4.78, 5) is 4.19. The second-order valence-corrected chi connectivity index (χ2v) is 4.61. The van der Waals surface area contributed by atoms with Crippen molar-refractivity contribution in [3.8, 4) is 0 Å². The summed E-state index contributed by atoms with van der Waals surface area (Å²) in [6, 6.07) is 10.5. The van der Waals surface area contributed by atoms with Gasteiger partial charge in [-0.05, 0) is 35.2 Å². The molecule has 1 unspecified atom stereocenters. The molecule has 0 amide bonds. The summed E-state index contributed by atoms with van der Waals surface area (Å²) >= 11 is 0. The zero-order chi connectivity index (χ0) is 13.8. The van der Waals surface area contributed by atoms with E-state index < -0.39 is 0 Å². The molecular formula is C16H16N4. The molecule has 0 aliphatic rings. The van der Waals surface area contributed by atoms with Gasteiger partial charge in [-0.25, -0.2) is 0 Å². The molecule has 0 aliphatic carbocycles. The number of rotatable bonds is 4. The van der Waals surface area contributed by atoms with Gasteiger partial charge in [0, 0.05) is 24.0 Å². The van der Waals surface area contributed by atoms with Crippen molar-refractivity contribution in [2.75, 3.05) is 6.54 Å². The van der Waals surface area contributed by atoms with Crippen LogP contribution in [0.2, 0.25) is 0 Å². The van der Waals surface area contributed by atoms with E-state index in [0.29, 0.717) is 0 Å². The normalized spacial score (nSPS) is 12.4. The largest absolute Gasteiger partial charge is 0.306 e. The third-order valence-corrected chi connectivity index (χ3v) is 3.37. The SMILES string of the molecule is CCNC(c1ccnnc1)c1cccc2cnccc12. The van der Waals surface area contributed by atoms with Crippen LogP contribution >= 0.6 is 0 Å². The highest BCUT2D eigenvalue weighted by Gasteiger charge is 2.15. The zero-order valence-corrected chi connectivity index (χ0v) is 11.3. The van der Waals surface area contributed by atoms with Gasteiger partial charge in [-0.1, -0.05) is 25.1 Å². The number of aromatic nitrogens is 3. The van der Waals surface area contributed by atoms with Crippen molar-refractivity contribution in [3.05, 3.63) is 66.2 Å². The molecule has 2 heterocycles. The molecule has 4 heteroatoms. The first-order valence-corrected chi connectivity index (χ1v) is 6.72. The molecule has 1 N–H and O–H groups in total. The average molecular weight is 264 g/mol. The van der Waals surface area contributed by atoms with Gasteiger partial charge in [0.05, 0.1) is 12.2 Å². The Labute approximate surface area is 117 Å². The standard InChI is InChI=1S/C16H16N4/c1-2-18-16(13-6-9-19-20-11-13)15-5-3-4-12-10-17-8-7-14(12)15/h3-11,16,18H,2H2,1H3. The number of nitrogens with zero attached hydrogens (tertiary/aromatic N) is 3. The van der Waals surface area contributed by atoms with Crippen LogP contribution in [0.25, 0.3) is 10.8 Å². The maximum absolute atomic E-state index is 4.19. The van der Waals surface area contributed by atoms with Crippen molar-refractivity contribution >= 4 is 10.8 Å². The first-order valence-electron chi connectivity index (χ1n) is 6.72. The molecule has 0 bridgehead atoms. The maximum Gasteiger partial charge on any atom is 0.0599 e. The average Bonchev–Trinajstić information content (AvgIpc) is 2.53. The lowest BCUT2D eigenvalue weighted by Crippen LogP contribution is -2.22. The van der Waals surface area contributed by atoms with E-state index in [1.807, 2.05) is 24.7 Å². The molecule has 0 fully saturated rings. The second kappa shape index (κ2) is 5.75. The highest BCUT2D eigenvalue weighted by molar-refractivity contribution is 5.85. The lowest BCUT2D eigenvalue weighted by Gasteiger charge is -2.20. The number of hydrogen-bond donors (Lipinski definition) is 1. The Hall–Kier alpha value is -2.33. The molecule has 4 nitrogen and oxygen atoms in total. The fourth-order valence-corrected chi connectivity index (χ4v) is 2.48. The first kappa shape index (κ1) is 12.7. The topological polar surface area (TPSA) is 50.7 Å². The summed E-state index contributed by atoms with van der Waals surface area (Å²) < 4.78 is 0. The maximum atomic E-state index is 4.19. The summed E-state index contributed by atoms with van der Waals surface area (Å²) in [5.41, 5.74) is 2.35. The van der Waals surface area contributed by atoms with Gasteiger partial charge in [0.2, 0.25) is 0 Å². The van der Waals surface area contributed by atoms with Crippen LogP contribution in [0, 0.1) is 0 Å². The molecule has 0 saturated heterocycles. The third kappa shape index (κ3) is 2.38. The van der Waals surface area contributed by atoms with Crippen LogP contribution in [0.5, 0.6) is 0 Å². The van der Waals surface area contributed by atoms with Crippen LogP contribution in [0.3, 0.4) is 0 Å². The third-order valence-electron chi connectivity index (χ3n) is 3.37. The van der Waals surface area contributed by atoms with E-state index in [-0.39, 0.29) is 6.04 Å². The van der Waals surface area contributed by atoms with Gasteiger partial charge in [0.25, 0.3) is 0 Å². The van der Waals surface area contributed by atoms with E-state index in [4.69, 9.17) is 0 Å². The van der Waals surface area contributed by atoms with Gasteiger partial charge >= 0.3 is 0 Å². The summed E-state index contributed by atoms with van der Waals surface area (Å²) in [7, 11) is 0. The van der Waals surface area contributed by atoms with E-state index in [1.54, 1.807) is 6.20 Å². The molecule has 0 saturated carbocycles. The predicted molar refractivity (Wildman–Crippen MR) is 79.3 cm³/mol. The smallest absolute Gasteiger partial charge is 0.0599 e. The minimum Gasteiger partial charge on any atom is -0.306 e. The minimum atomic E-state index is 0.113. The Bertz CT molecular complexity index is 692. The summed E-state index contributed by atoms with van der Waals surface area (Å²) in [6.45, 7) is 2.99. The number of pyridine rings is 1. The zero-order valence-electron chi connectivity index (χ0n) is 11.3. The Morgan fingerprint density at radius 3 is 2.80 bits per heavy atom. The van der Waals surface area contributed by atoms with Gasteiger partial charge in [-0.2, -0.15) is 10.2 Å². The quantitative estimate of drug-likeness (QED) is 0.787. The van der Waals surface area contributed by atoms with Gasteiger partial charge in [-0.15, -0.1) is 0 Å². The minimum absolute atomic E-state index is 0.113. The van der Waals surface area contributed by atoms with Crippen LogP contribution < -0.4 is 5.32 Å². The molecule has 100 valence electrons. The van der Waals surface area contributed by atoms with Crippen LogP contribution in [0.4, 0.5) is 0 Å². The highest BCUT2D eigenvalue weighted by Crippen LogP contribution is 2.27. The fourth-order valence-electron chi connectivity index (χ4n) is 2.48. The van der Waals surface area contributed by atoms with E-state index >= 15 is 0 Å². The first-order chi connectivity index (χ1) is 9.90.